The largest absolute Gasteiger partial charge is 0.461 e. The summed E-state index contributed by atoms with van der Waals surface area (Å²) in [6.07, 6.45) is 3.40. The molecule has 2 N–H and O–H groups in total. The molecule has 1 rings (SSSR count). The molecule has 0 aliphatic carbocycles. The van der Waals surface area contributed by atoms with Gasteiger partial charge < -0.3 is 15.2 Å². The SMILES string of the molecule is COC(C)(C)CCOC(=O)c1nccnc1N. The summed E-state index contributed by atoms with van der Waals surface area (Å²) in [5, 5.41) is 0. The van der Waals surface area contributed by atoms with Crippen molar-refractivity contribution in [2.45, 2.75) is 25.9 Å². The van der Waals surface area contributed by atoms with E-state index in [9.17, 15) is 4.79 Å². The molecule has 1 heterocycles. The second-order valence-electron chi connectivity index (χ2n) is 4.14. The van der Waals surface area contributed by atoms with Gasteiger partial charge in [-0.2, -0.15) is 0 Å². The average Bonchev–Trinajstić information content (AvgIpc) is 2.29. The van der Waals surface area contributed by atoms with Crippen molar-refractivity contribution in [2.75, 3.05) is 19.5 Å². The van der Waals surface area contributed by atoms with E-state index in [-0.39, 0.29) is 23.7 Å². The highest BCUT2D eigenvalue weighted by atomic mass is 16.5. The second kappa shape index (κ2) is 5.58. The lowest BCUT2D eigenvalue weighted by molar-refractivity contribution is -0.00577. The van der Waals surface area contributed by atoms with E-state index in [1.54, 1.807) is 7.11 Å². The molecule has 0 unspecified atom stereocenters. The molecular formula is C11H17N3O3. The van der Waals surface area contributed by atoms with Gasteiger partial charge in [-0.3, -0.25) is 0 Å². The summed E-state index contributed by atoms with van der Waals surface area (Å²) in [6.45, 7) is 4.07. The van der Waals surface area contributed by atoms with Crippen LogP contribution in [0.25, 0.3) is 0 Å². The van der Waals surface area contributed by atoms with E-state index in [1.165, 1.54) is 12.4 Å². The van der Waals surface area contributed by atoms with Gasteiger partial charge in [0.2, 0.25) is 0 Å². The Bertz CT molecular complexity index is 393. The highest BCUT2D eigenvalue weighted by Gasteiger charge is 2.18. The van der Waals surface area contributed by atoms with Crippen LogP contribution in [0, 0.1) is 0 Å². The number of rotatable bonds is 5. The lowest BCUT2D eigenvalue weighted by Crippen LogP contribution is -2.25. The molecule has 0 fully saturated rings. The molecule has 94 valence electrons. The van der Waals surface area contributed by atoms with E-state index in [1.807, 2.05) is 13.8 Å². The minimum atomic E-state index is -0.567. The molecule has 0 saturated heterocycles. The fraction of sp³-hybridized carbons (Fsp3) is 0.545. The first-order valence-electron chi connectivity index (χ1n) is 5.25. The molecular weight excluding hydrogens is 222 g/mol. The lowest BCUT2D eigenvalue weighted by atomic mass is 10.1. The van der Waals surface area contributed by atoms with Gasteiger partial charge >= 0.3 is 5.97 Å². The Morgan fingerprint density at radius 2 is 2.06 bits per heavy atom. The topological polar surface area (TPSA) is 87.3 Å². The Hall–Kier alpha value is -1.69. The fourth-order valence-electron chi connectivity index (χ4n) is 1.07. The number of carbonyl (C=O) groups is 1. The molecule has 1 aromatic heterocycles. The number of hydrogen-bond acceptors (Lipinski definition) is 6. The van der Waals surface area contributed by atoms with Crippen LogP contribution in [0.15, 0.2) is 12.4 Å². The molecule has 0 amide bonds. The summed E-state index contributed by atoms with van der Waals surface area (Å²) in [5.41, 5.74) is 5.23. The van der Waals surface area contributed by atoms with Crippen molar-refractivity contribution in [2.24, 2.45) is 0 Å². The first kappa shape index (κ1) is 13.4. The molecule has 0 radical (unpaired) electrons. The maximum Gasteiger partial charge on any atom is 0.360 e. The number of methoxy groups -OCH3 is 1. The molecule has 0 aromatic carbocycles. The number of hydrogen-bond donors (Lipinski definition) is 1. The quantitative estimate of drug-likeness (QED) is 0.772. The highest BCUT2D eigenvalue weighted by Crippen LogP contribution is 2.13. The number of anilines is 1. The van der Waals surface area contributed by atoms with Crippen LogP contribution in [0.3, 0.4) is 0 Å². The standard InChI is InChI=1S/C11H17N3O3/c1-11(2,16-3)4-7-17-10(15)8-9(12)14-6-5-13-8/h5-6H,4,7H2,1-3H3,(H2,12,14). The van der Waals surface area contributed by atoms with Crippen molar-refractivity contribution in [1.82, 2.24) is 9.97 Å². The summed E-state index contributed by atoms with van der Waals surface area (Å²) in [5.74, 6) is -0.494. The summed E-state index contributed by atoms with van der Waals surface area (Å²) in [4.78, 5) is 19.2. The zero-order valence-corrected chi connectivity index (χ0v) is 10.3. The van der Waals surface area contributed by atoms with Crippen LogP contribution in [0.5, 0.6) is 0 Å². The van der Waals surface area contributed by atoms with E-state index in [2.05, 4.69) is 9.97 Å². The Labute approximate surface area is 100 Å². The molecule has 0 aliphatic heterocycles. The van der Waals surface area contributed by atoms with E-state index >= 15 is 0 Å². The molecule has 0 aliphatic rings. The lowest BCUT2D eigenvalue weighted by Gasteiger charge is -2.22. The number of nitrogen functional groups attached to an aromatic ring is 1. The molecule has 6 heteroatoms. The fourth-order valence-corrected chi connectivity index (χ4v) is 1.07. The summed E-state index contributed by atoms with van der Waals surface area (Å²) in [7, 11) is 1.61. The van der Waals surface area contributed by atoms with Crippen LogP contribution < -0.4 is 5.73 Å². The van der Waals surface area contributed by atoms with Crippen molar-refractivity contribution >= 4 is 11.8 Å². The first-order chi connectivity index (χ1) is 7.96. The predicted molar refractivity (Wildman–Crippen MR) is 62.4 cm³/mol. The Morgan fingerprint density at radius 1 is 1.41 bits per heavy atom. The summed E-state index contributed by atoms with van der Waals surface area (Å²) >= 11 is 0. The van der Waals surface area contributed by atoms with Crippen molar-refractivity contribution in [3.05, 3.63) is 18.1 Å². The van der Waals surface area contributed by atoms with Gasteiger partial charge in [0, 0.05) is 25.9 Å². The molecule has 0 bridgehead atoms. The van der Waals surface area contributed by atoms with Crippen LogP contribution in [0.1, 0.15) is 30.8 Å². The van der Waals surface area contributed by atoms with Crippen LogP contribution in [-0.4, -0.2) is 35.3 Å². The smallest absolute Gasteiger partial charge is 0.360 e. The minimum absolute atomic E-state index is 0.0442. The molecule has 1 aromatic rings. The van der Waals surface area contributed by atoms with Crippen molar-refractivity contribution in [3.8, 4) is 0 Å². The van der Waals surface area contributed by atoms with Gasteiger partial charge in [0.05, 0.1) is 12.2 Å². The number of nitrogens with two attached hydrogens (primary N) is 1. The van der Waals surface area contributed by atoms with Gasteiger partial charge in [0.25, 0.3) is 0 Å². The second-order valence-corrected chi connectivity index (χ2v) is 4.14. The third-order valence-electron chi connectivity index (χ3n) is 2.41. The van der Waals surface area contributed by atoms with Crippen LogP contribution >= 0.6 is 0 Å². The van der Waals surface area contributed by atoms with Crippen molar-refractivity contribution < 1.29 is 14.3 Å². The van der Waals surface area contributed by atoms with E-state index in [4.69, 9.17) is 15.2 Å². The number of carbonyl (C=O) groups excluding carboxylic acids is 1. The Kier molecular flexibility index (Phi) is 4.39. The predicted octanol–water partition coefficient (Wildman–Crippen LogP) is 1.03. The number of esters is 1. The molecule has 0 atom stereocenters. The van der Waals surface area contributed by atoms with Gasteiger partial charge in [-0.1, -0.05) is 0 Å². The highest BCUT2D eigenvalue weighted by molar-refractivity contribution is 5.91. The third kappa shape index (κ3) is 3.99. The Morgan fingerprint density at radius 3 is 2.65 bits per heavy atom. The third-order valence-corrected chi connectivity index (χ3v) is 2.41. The van der Waals surface area contributed by atoms with Gasteiger partial charge in [0.1, 0.15) is 0 Å². The minimum Gasteiger partial charge on any atom is -0.461 e. The van der Waals surface area contributed by atoms with Crippen molar-refractivity contribution in [3.63, 3.8) is 0 Å². The number of ether oxygens (including phenoxy) is 2. The van der Waals surface area contributed by atoms with Crippen molar-refractivity contribution in [1.29, 1.82) is 0 Å². The molecule has 6 nitrogen and oxygen atoms in total. The average molecular weight is 239 g/mol. The normalized spacial score (nSPS) is 11.2. The van der Waals surface area contributed by atoms with Crippen LogP contribution in [0.2, 0.25) is 0 Å². The first-order valence-corrected chi connectivity index (χ1v) is 5.25. The van der Waals surface area contributed by atoms with Crippen LogP contribution in [0.4, 0.5) is 5.82 Å². The van der Waals surface area contributed by atoms with Crippen LogP contribution in [-0.2, 0) is 9.47 Å². The number of aromatic nitrogens is 2. The van der Waals surface area contributed by atoms with Gasteiger partial charge in [-0.15, -0.1) is 0 Å². The molecule has 17 heavy (non-hydrogen) atoms. The van der Waals surface area contributed by atoms with E-state index < -0.39 is 5.97 Å². The summed E-state index contributed by atoms with van der Waals surface area (Å²) in [6, 6.07) is 0. The Balaban J connectivity index is 2.49. The van der Waals surface area contributed by atoms with Gasteiger partial charge in [-0.25, -0.2) is 14.8 Å². The summed E-state index contributed by atoms with van der Waals surface area (Å²) < 4.78 is 10.3. The van der Waals surface area contributed by atoms with E-state index in [0.717, 1.165) is 0 Å². The number of nitrogens with zero attached hydrogens (tertiary/aromatic N) is 2. The van der Waals surface area contributed by atoms with E-state index in [0.29, 0.717) is 6.42 Å². The maximum atomic E-state index is 11.6. The zero-order valence-electron chi connectivity index (χ0n) is 10.3. The van der Waals surface area contributed by atoms with Gasteiger partial charge in [-0.05, 0) is 13.8 Å². The zero-order chi connectivity index (χ0) is 12.9. The molecule has 0 saturated carbocycles. The molecule has 0 spiro atoms. The van der Waals surface area contributed by atoms with Gasteiger partial charge in [0.15, 0.2) is 11.5 Å². The monoisotopic (exact) mass is 239 g/mol. The maximum absolute atomic E-state index is 11.6.